The van der Waals surface area contributed by atoms with E-state index < -0.39 is 37.7 Å². The minimum atomic E-state index is -1.07. The molecule has 10 heteroatoms. The van der Waals surface area contributed by atoms with E-state index in [1.807, 2.05) is 0 Å². The number of nitrogens with zero attached hydrogens (tertiary/aromatic N) is 3. The average Bonchev–Trinajstić information content (AvgIpc) is 2.26. The van der Waals surface area contributed by atoms with Crippen molar-refractivity contribution in [3.63, 3.8) is 0 Å². The first-order valence-corrected chi connectivity index (χ1v) is 4.11. The Balaban J connectivity index is 3.67. The van der Waals surface area contributed by atoms with Crippen LogP contribution in [0.4, 0.5) is 11.6 Å². The lowest BCUT2D eigenvalue weighted by molar-refractivity contribution is -0.703. The van der Waals surface area contributed by atoms with E-state index in [1.54, 1.807) is 0 Å². The van der Waals surface area contributed by atoms with E-state index >= 15 is 0 Å². The van der Waals surface area contributed by atoms with E-state index in [0.29, 0.717) is 0 Å². The summed E-state index contributed by atoms with van der Waals surface area (Å²) >= 11 is 0. The van der Waals surface area contributed by atoms with Gasteiger partial charge < -0.3 is 14.7 Å². The number of rotatable bonds is 4. The van der Waals surface area contributed by atoms with E-state index in [2.05, 4.69) is 9.47 Å². The van der Waals surface area contributed by atoms with Crippen molar-refractivity contribution in [2.45, 2.75) is 0 Å². The molecule has 1 rings (SSSR count). The maximum absolute atomic E-state index is 11.5. The van der Waals surface area contributed by atoms with Gasteiger partial charge in [0.25, 0.3) is 11.5 Å². The Morgan fingerprint density at radius 1 is 1.06 bits per heavy atom. The maximum Gasteiger partial charge on any atom is 0.561 e. The molecular formula is C7H7N3O7. The lowest BCUT2D eigenvalue weighted by Crippen LogP contribution is -2.34. The molecule has 1 heterocycles. The summed E-state index contributed by atoms with van der Waals surface area (Å²) < 4.78 is 8.75. The molecule has 0 bridgehead atoms. The Morgan fingerprint density at radius 3 is 1.65 bits per heavy atom. The van der Waals surface area contributed by atoms with Gasteiger partial charge in [-0.25, -0.2) is 0 Å². The lowest BCUT2D eigenvalue weighted by atomic mass is 10.3. The van der Waals surface area contributed by atoms with Crippen LogP contribution < -0.4 is 14.2 Å². The largest absolute Gasteiger partial charge is 0.609 e. The van der Waals surface area contributed by atoms with Crippen LogP contribution in [-0.4, -0.2) is 24.1 Å². The van der Waals surface area contributed by atoms with Gasteiger partial charge in [0.05, 0.1) is 20.3 Å². The van der Waals surface area contributed by atoms with Crippen molar-refractivity contribution in [1.82, 2.24) is 0 Å². The molecule has 0 unspecified atom stereocenters. The molecule has 0 aliphatic heterocycles. The second-order valence-corrected chi connectivity index (χ2v) is 2.74. The summed E-state index contributed by atoms with van der Waals surface area (Å²) in [4.78, 5) is 19.1. The van der Waals surface area contributed by atoms with Gasteiger partial charge in [0.2, 0.25) is 0 Å². The molecule has 0 aliphatic carbocycles. The van der Waals surface area contributed by atoms with Crippen LogP contribution in [0.3, 0.4) is 0 Å². The molecule has 0 aromatic carbocycles. The third-order valence-corrected chi connectivity index (χ3v) is 1.87. The Hall–Kier alpha value is -2.65. The molecule has 10 nitrogen and oxygen atoms in total. The Bertz CT molecular complexity index is 447. The minimum Gasteiger partial charge on any atom is -0.609 e. The fraction of sp³-hybridized carbons (Fsp3) is 0.286. The molecular weight excluding hydrogens is 238 g/mol. The summed E-state index contributed by atoms with van der Waals surface area (Å²) in [6.07, 6.45) is 0. The second-order valence-electron chi connectivity index (χ2n) is 2.74. The molecule has 0 aliphatic rings. The summed E-state index contributed by atoms with van der Waals surface area (Å²) in [7, 11) is 2.18. The van der Waals surface area contributed by atoms with Gasteiger partial charge in [0.1, 0.15) is 9.85 Å². The van der Waals surface area contributed by atoms with Crippen LogP contribution >= 0.6 is 0 Å². The first-order chi connectivity index (χ1) is 7.93. The average molecular weight is 245 g/mol. The smallest absolute Gasteiger partial charge is 0.561 e. The first-order valence-electron chi connectivity index (χ1n) is 4.11. The quantitative estimate of drug-likeness (QED) is 0.319. The Labute approximate surface area is 93.9 Å². The molecule has 0 amide bonds. The highest BCUT2D eigenvalue weighted by Crippen LogP contribution is 2.33. The molecule has 0 N–H and O–H groups in total. The highest BCUT2D eigenvalue weighted by atomic mass is 16.7. The van der Waals surface area contributed by atoms with Crippen LogP contribution in [0.2, 0.25) is 0 Å². The number of aromatic nitrogens is 1. The minimum absolute atomic E-state index is 0.424. The lowest BCUT2D eigenvalue weighted by Gasteiger charge is -2.05. The highest BCUT2D eigenvalue weighted by molar-refractivity contribution is 5.47. The van der Waals surface area contributed by atoms with E-state index in [0.717, 1.165) is 20.3 Å². The van der Waals surface area contributed by atoms with Crippen molar-refractivity contribution in [1.29, 1.82) is 0 Å². The predicted octanol–water partition coefficient (Wildman–Crippen LogP) is 0.154. The number of nitro groups is 2. The van der Waals surface area contributed by atoms with E-state index in [4.69, 9.17) is 0 Å². The van der Waals surface area contributed by atoms with Gasteiger partial charge in [-0.2, -0.15) is 0 Å². The molecule has 0 saturated carbocycles. The van der Waals surface area contributed by atoms with E-state index in [-0.39, 0.29) is 0 Å². The fourth-order valence-corrected chi connectivity index (χ4v) is 1.18. The molecule has 92 valence electrons. The third kappa shape index (κ3) is 2.00. The first kappa shape index (κ1) is 12.4. The molecule has 0 fully saturated rings. The van der Waals surface area contributed by atoms with Gasteiger partial charge in [-0.3, -0.25) is 20.2 Å². The standard InChI is InChI=1S/C7H7N3O7/c1-16-4-3-5(17-2)7(10(14)15)8(11)6(4)9(12)13/h3H,1-2H3. The van der Waals surface area contributed by atoms with Gasteiger partial charge in [-0.05, 0) is 4.73 Å². The monoisotopic (exact) mass is 245 g/mol. The van der Waals surface area contributed by atoms with Crippen molar-refractivity contribution in [3.8, 4) is 11.5 Å². The molecule has 1 aromatic rings. The summed E-state index contributed by atoms with van der Waals surface area (Å²) in [5.74, 6) is -2.99. The van der Waals surface area contributed by atoms with Crippen molar-refractivity contribution in [2.75, 3.05) is 14.2 Å². The van der Waals surface area contributed by atoms with Gasteiger partial charge in [-0.1, -0.05) is 0 Å². The zero-order valence-electron chi connectivity index (χ0n) is 8.78. The summed E-state index contributed by atoms with van der Waals surface area (Å²) in [6.45, 7) is 0. The third-order valence-electron chi connectivity index (χ3n) is 1.87. The molecule has 17 heavy (non-hydrogen) atoms. The number of ether oxygens (including phenoxy) is 2. The molecule has 0 radical (unpaired) electrons. The normalized spacial score (nSPS) is 9.76. The van der Waals surface area contributed by atoms with Gasteiger partial charge in [0, 0.05) is 0 Å². The SMILES string of the molecule is COc1cc(OC)c([N+](=O)[O-])[n+]([O-])c1[N+](=O)[O-]. The number of hydrogen-bond donors (Lipinski definition) is 0. The molecule has 0 spiro atoms. The second kappa shape index (κ2) is 4.47. The van der Waals surface area contributed by atoms with Gasteiger partial charge in [-0.15, -0.1) is 0 Å². The van der Waals surface area contributed by atoms with E-state index in [9.17, 15) is 25.4 Å². The zero-order chi connectivity index (χ0) is 13.2. The summed E-state index contributed by atoms with van der Waals surface area (Å²) in [5.41, 5.74) is 0. The van der Waals surface area contributed by atoms with Crippen LogP contribution in [0, 0.1) is 25.4 Å². The number of pyridine rings is 1. The van der Waals surface area contributed by atoms with Gasteiger partial charge in [0.15, 0.2) is 0 Å². The zero-order valence-corrected chi connectivity index (χ0v) is 8.78. The van der Waals surface area contributed by atoms with Crippen LogP contribution in [0.15, 0.2) is 6.07 Å². The maximum atomic E-state index is 11.5. The Morgan fingerprint density at radius 2 is 1.41 bits per heavy atom. The van der Waals surface area contributed by atoms with Crippen LogP contribution in [-0.2, 0) is 0 Å². The Kier molecular flexibility index (Phi) is 3.26. The number of hydrogen-bond acceptors (Lipinski definition) is 7. The van der Waals surface area contributed by atoms with Crippen LogP contribution in [0.5, 0.6) is 11.5 Å². The van der Waals surface area contributed by atoms with Crippen molar-refractivity contribution < 1.29 is 24.1 Å². The van der Waals surface area contributed by atoms with Crippen LogP contribution in [0.25, 0.3) is 0 Å². The van der Waals surface area contributed by atoms with Crippen LogP contribution in [0.1, 0.15) is 0 Å². The molecule has 1 aromatic heterocycles. The van der Waals surface area contributed by atoms with Crippen molar-refractivity contribution in [3.05, 3.63) is 31.5 Å². The van der Waals surface area contributed by atoms with Gasteiger partial charge >= 0.3 is 11.6 Å². The van der Waals surface area contributed by atoms with Crippen molar-refractivity contribution in [2.24, 2.45) is 0 Å². The predicted molar refractivity (Wildman–Crippen MR) is 51.8 cm³/mol. The van der Waals surface area contributed by atoms with E-state index in [1.165, 1.54) is 0 Å². The highest BCUT2D eigenvalue weighted by Gasteiger charge is 2.39. The molecule has 0 atom stereocenters. The summed E-state index contributed by atoms with van der Waals surface area (Å²) in [6, 6.07) is 0.907. The topological polar surface area (TPSA) is 132 Å². The fourth-order valence-electron chi connectivity index (χ4n) is 1.18. The number of methoxy groups -OCH3 is 2. The summed E-state index contributed by atoms with van der Waals surface area (Å²) in [5, 5.41) is 32.7. The van der Waals surface area contributed by atoms with Crippen molar-refractivity contribution >= 4 is 11.6 Å². The molecule has 0 saturated heterocycles.